The van der Waals surface area contributed by atoms with Crippen molar-refractivity contribution >= 4 is 17.6 Å². The van der Waals surface area contributed by atoms with E-state index >= 15 is 0 Å². The minimum Gasteiger partial charge on any atom is -0.507 e. The van der Waals surface area contributed by atoms with Crippen LogP contribution in [-0.4, -0.2) is 28.9 Å². The lowest BCUT2D eigenvalue weighted by Gasteiger charge is -2.23. The molecule has 108 valence electrons. The summed E-state index contributed by atoms with van der Waals surface area (Å²) in [5, 5.41) is 20.8. The first-order valence-corrected chi connectivity index (χ1v) is 6.58. The van der Waals surface area contributed by atoms with Gasteiger partial charge in [0.15, 0.2) is 11.5 Å². The summed E-state index contributed by atoms with van der Waals surface area (Å²) in [5.74, 6) is -1.76. The van der Waals surface area contributed by atoms with Crippen LogP contribution in [0.2, 0.25) is 0 Å². The number of allylic oxidation sites excluding steroid dienone is 3. The average molecular weight is 286 g/mol. The highest BCUT2D eigenvalue weighted by Gasteiger charge is 2.35. The van der Waals surface area contributed by atoms with Gasteiger partial charge in [-0.25, -0.2) is 0 Å². The number of phenols is 2. The van der Waals surface area contributed by atoms with Gasteiger partial charge in [-0.2, -0.15) is 0 Å². The summed E-state index contributed by atoms with van der Waals surface area (Å²) in [7, 11) is 1.28. The first-order chi connectivity index (χ1) is 9.95. The molecule has 2 aliphatic carbocycles. The molecular weight excluding hydrogens is 272 g/mol. The van der Waals surface area contributed by atoms with Crippen LogP contribution in [0.5, 0.6) is 11.5 Å². The molecule has 3 rings (SSSR count). The van der Waals surface area contributed by atoms with Gasteiger partial charge in [0.25, 0.3) is 0 Å². The summed E-state index contributed by atoms with van der Waals surface area (Å²) >= 11 is 0. The SMILES string of the molecule is COC1=CC(=O)c2c(O)c3c(c(O)c2C1=O)C=C(C)CC3. The van der Waals surface area contributed by atoms with Crippen LogP contribution in [0.3, 0.4) is 0 Å². The molecule has 0 amide bonds. The van der Waals surface area contributed by atoms with Gasteiger partial charge in [-0.15, -0.1) is 0 Å². The lowest BCUT2D eigenvalue weighted by atomic mass is 9.82. The molecule has 0 fully saturated rings. The first-order valence-electron chi connectivity index (χ1n) is 6.58. The van der Waals surface area contributed by atoms with Gasteiger partial charge < -0.3 is 14.9 Å². The number of methoxy groups -OCH3 is 1. The summed E-state index contributed by atoms with van der Waals surface area (Å²) in [4.78, 5) is 24.4. The van der Waals surface area contributed by atoms with Crippen LogP contribution in [0.25, 0.3) is 6.08 Å². The number of carbonyl (C=O) groups is 2. The number of rotatable bonds is 1. The Morgan fingerprint density at radius 2 is 1.76 bits per heavy atom. The van der Waals surface area contributed by atoms with E-state index in [0.717, 1.165) is 18.1 Å². The van der Waals surface area contributed by atoms with E-state index in [9.17, 15) is 19.8 Å². The number of fused-ring (bicyclic) bond motifs is 2. The molecule has 0 atom stereocenters. The van der Waals surface area contributed by atoms with E-state index in [1.54, 1.807) is 6.08 Å². The number of aromatic hydroxyl groups is 2. The minimum atomic E-state index is -0.598. The maximum atomic E-state index is 12.3. The zero-order valence-corrected chi connectivity index (χ0v) is 11.7. The summed E-state index contributed by atoms with van der Waals surface area (Å²) in [6.07, 6.45) is 4.03. The summed E-state index contributed by atoms with van der Waals surface area (Å²) in [5.41, 5.74) is 1.64. The molecule has 0 saturated heterocycles. The van der Waals surface area contributed by atoms with Gasteiger partial charge in [0.1, 0.15) is 11.5 Å². The van der Waals surface area contributed by atoms with Gasteiger partial charge in [-0.05, 0) is 19.8 Å². The number of carbonyl (C=O) groups excluding carboxylic acids is 2. The Morgan fingerprint density at radius 3 is 2.43 bits per heavy atom. The molecule has 0 bridgehead atoms. The van der Waals surface area contributed by atoms with Crippen LogP contribution in [0.4, 0.5) is 0 Å². The molecule has 0 heterocycles. The molecule has 2 N–H and O–H groups in total. The first kappa shape index (κ1) is 13.4. The Labute approximate surface area is 121 Å². The molecule has 5 nitrogen and oxygen atoms in total. The molecule has 1 aromatic rings. The Morgan fingerprint density at radius 1 is 1.05 bits per heavy atom. The van der Waals surface area contributed by atoms with Crippen molar-refractivity contribution in [2.24, 2.45) is 0 Å². The molecule has 0 saturated carbocycles. The third-order valence-electron chi connectivity index (χ3n) is 3.93. The van der Waals surface area contributed by atoms with Crippen molar-refractivity contribution < 1.29 is 24.5 Å². The number of ketones is 2. The van der Waals surface area contributed by atoms with E-state index < -0.39 is 11.6 Å². The van der Waals surface area contributed by atoms with Gasteiger partial charge in [0.2, 0.25) is 5.78 Å². The van der Waals surface area contributed by atoms with E-state index in [-0.39, 0.29) is 28.4 Å². The van der Waals surface area contributed by atoms with Crippen molar-refractivity contribution in [1.29, 1.82) is 0 Å². The molecule has 0 radical (unpaired) electrons. The van der Waals surface area contributed by atoms with Gasteiger partial charge in [0, 0.05) is 17.2 Å². The van der Waals surface area contributed by atoms with Crippen molar-refractivity contribution in [1.82, 2.24) is 0 Å². The molecule has 0 unspecified atom stereocenters. The number of benzene rings is 1. The summed E-state index contributed by atoms with van der Waals surface area (Å²) in [6, 6.07) is 0. The van der Waals surface area contributed by atoms with Crippen LogP contribution in [0, 0.1) is 0 Å². The van der Waals surface area contributed by atoms with E-state index in [0.29, 0.717) is 17.5 Å². The van der Waals surface area contributed by atoms with Crippen LogP contribution in [0.15, 0.2) is 17.4 Å². The molecular formula is C16H14O5. The second-order valence-electron chi connectivity index (χ2n) is 5.24. The molecule has 1 aromatic carbocycles. The Hall–Kier alpha value is -2.56. The fourth-order valence-electron chi connectivity index (χ4n) is 2.83. The van der Waals surface area contributed by atoms with Gasteiger partial charge >= 0.3 is 0 Å². The molecule has 21 heavy (non-hydrogen) atoms. The molecule has 0 aliphatic heterocycles. The van der Waals surface area contributed by atoms with Crippen LogP contribution in [-0.2, 0) is 11.2 Å². The van der Waals surface area contributed by atoms with Crippen molar-refractivity contribution in [3.8, 4) is 11.5 Å². The zero-order chi connectivity index (χ0) is 15.3. The van der Waals surface area contributed by atoms with Crippen molar-refractivity contribution in [2.45, 2.75) is 19.8 Å². The van der Waals surface area contributed by atoms with Crippen LogP contribution >= 0.6 is 0 Å². The third kappa shape index (κ3) is 1.77. The lowest BCUT2D eigenvalue weighted by Crippen LogP contribution is -2.20. The van der Waals surface area contributed by atoms with Crippen molar-refractivity contribution in [3.63, 3.8) is 0 Å². The predicted octanol–water partition coefficient (Wildman–Crippen LogP) is 2.36. The van der Waals surface area contributed by atoms with Gasteiger partial charge in [0.05, 0.1) is 18.2 Å². The number of phenolic OH excluding ortho intramolecular Hbond substituents is 2. The molecule has 5 heteroatoms. The van der Waals surface area contributed by atoms with E-state index in [4.69, 9.17) is 4.74 Å². The minimum absolute atomic E-state index is 0.134. The second-order valence-corrected chi connectivity index (χ2v) is 5.24. The second kappa shape index (κ2) is 4.48. The Kier molecular flexibility index (Phi) is 2.86. The monoisotopic (exact) mass is 286 g/mol. The fraction of sp³-hybridized carbons (Fsp3) is 0.250. The van der Waals surface area contributed by atoms with E-state index in [1.807, 2.05) is 6.92 Å². The maximum Gasteiger partial charge on any atom is 0.232 e. The van der Waals surface area contributed by atoms with Crippen LogP contribution < -0.4 is 0 Å². The van der Waals surface area contributed by atoms with Gasteiger partial charge in [-0.1, -0.05) is 11.6 Å². The smallest absolute Gasteiger partial charge is 0.232 e. The average Bonchev–Trinajstić information content (AvgIpc) is 2.46. The Bertz CT molecular complexity index is 753. The standard InChI is InChI=1S/C16H14O5/c1-7-3-4-8-9(5-7)15(19)13-12(14(8)18)10(17)6-11(21-2)16(13)20/h5-6,18-19H,3-4H2,1-2H3. The van der Waals surface area contributed by atoms with Crippen LogP contribution in [0.1, 0.15) is 45.2 Å². The van der Waals surface area contributed by atoms with Crippen molar-refractivity contribution in [3.05, 3.63) is 39.7 Å². The molecule has 0 aromatic heterocycles. The largest absolute Gasteiger partial charge is 0.507 e. The quantitative estimate of drug-likeness (QED) is 0.774. The number of hydrogen-bond acceptors (Lipinski definition) is 5. The summed E-state index contributed by atoms with van der Waals surface area (Å²) in [6.45, 7) is 1.91. The highest BCUT2D eigenvalue weighted by atomic mass is 16.5. The van der Waals surface area contributed by atoms with E-state index in [1.165, 1.54) is 7.11 Å². The summed E-state index contributed by atoms with van der Waals surface area (Å²) < 4.78 is 4.87. The highest BCUT2D eigenvalue weighted by molar-refractivity contribution is 6.26. The lowest BCUT2D eigenvalue weighted by molar-refractivity contribution is 0.0911. The fourth-order valence-corrected chi connectivity index (χ4v) is 2.83. The van der Waals surface area contributed by atoms with E-state index in [2.05, 4.69) is 0 Å². The molecule has 2 aliphatic rings. The highest BCUT2D eigenvalue weighted by Crippen LogP contribution is 2.44. The predicted molar refractivity (Wildman–Crippen MR) is 75.5 cm³/mol. The number of hydrogen-bond donors (Lipinski definition) is 2. The zero-order valence-electron chi connectivity index (χ0n) is 11.7. The maximum absolute atomic E-state index is 12.3. The third-order valence-corrected chi connectivity index (χ3v) is 3.93. The number of Topliss-reactive ketones (excluding diaryl/α,β-unsaturated/α-hetero) is 1. The molecule has 0 spiro atoms. The van der Waals surface area contributed by atoms with Crippen molar-refractivity contribution in [2.75, 3.05) is 7.11 Å². The normalized spacial score (nSPS) is 16.9. The van der Waals surface area contributed by atoms with Gasteiger partial charge in [-0.3, -0.25) is 9.59 Å². The topological polar surface area (TPSA) is 83.8 Å². The Balaban J connectivity index is 2.37. The number of ether oxygens (including phenoxy) is 1.